The molecular weight excluding hydrogens is 330 g/mol. The lowest BCUT2D eigenvalue weighted by Crippen LogP contribution is -2.45. The number of carboxylic acid groups (broad SMARTS) is 1. The molecule has 0 aliphatic carbocycles. The molecule has 0 radical (unpaired) electrons. The van der Waals surface area contributed by atoms with Gasteiger partial charge < -0.3 is 14.7 Å². The van der Waals surface area contributed by atoms with Crippen molar-refractivity contribution in [1.29, 1.82) is 0 Å². The number of amides is 1. The van der Waals surface area contributed by atoms with Gasteiger partial charge >= 0.3 is 5.97 Å². The predicted molar refractivity (Wildman–Crippen MR) is 98.0 cm³/mol. The second kappa shape index (κ2) is 8.04. The number of hydrogen-bond acceptors (Lipinski definition) is 3. The van der Waals surface area contributed by atoms with Crippen LogP contribution in [0.5, 0.6) is 5.75 Å². The molecule has 0 bridgehead atoms. The summed E-state index contributed by atoms with van der Waals surface area (Å²) in [5, 5.41) is 9.20. The normalized spacial score (nSPS) is 19.8. The van der Waals surface area contributed by atoms with Crippen molar-refractivity contribution in [2.24, 2.45) is 11.8 Å². The van der Waals surface area contributed by atoms with E-state index in [-0.39, 0.29) is 17.7 Å². The number of para-hydroxylation sites is 1. The molecule has 1 N–H and O–H groups in total. The lowest BCUT2D eigenvalue weighted by atomic mass is 9.87. The average molecular weight is 353 g/mol. The molecule has 1 saturated heterocycles. The van der Waals surface area contributed by atoms with Gasteiger partial charge in [-0.15, -0.1) is 0 Å². The largest absolute Gasteiger partial charge is 0.489 e. The maximum Gasteiger partial charge on any atom is 0.306 e. The van der Waals surface area contributed by atoms with Crippen molar-refractivity contribution in [2.75, 3.05) is 13.1 Å². The van der Waals surface area contributed by atoms with Gasteiger partial charge in [0.25, 0.3) is 5.91 Å². The Labute approximate surface area is 153 Å². The highest BCUT2D eigenvalue weighted by atomic mass is 16.5. The van der Waals surface area contributed by atoms with Gasteiger partial charge in [-0.1, -0.05) is 37.3 Å². The number of likely N-dealkylation sites (tertiary alicyclic amines) is 1. The maximum absolute atomic E-state index is 12.7. The molecule has 1 heterocycles. The third-order valence-corrected chi connectivity index (χ3v) is 4.86. The first-order valence-electron chi connectivity index (χ1n) is 8.83. The van der Waals surface area contributed by atoms with Crippen LogP contribution in [0, 0.1) is 11.8 Å². The van der Waals surface area contributed by atoms with Crippen molar-refractivity contribution < 1.29 is 19.4 Å². The molecule has 0 spiro atoms. The zero-order chi connectivity index (χ0) is 18.5. The number of nitrogens with zero attached hydrogens (tertiary/aromatic N) is 1. The van der Waals surface area contributed by atoms with Gasteiger partial charge in [-0.25, -0.2) is 0 Å². The Hall–Kier alpha value is -2.82. The van der Waals surface area contributed by atoms with Crippen LogP contribution in [-0.2, 0) is 11.4 Å². The van der Waals surface area contributed by atoms with Gasteiger partial charge in [0.15, 0.2) is 0 Å². The molecule has 2 unspecified atom stereocenters. The number of carboxylic acids is 1. The van der Waals surface area contributed by atoms with Crippen molar-refractivity contribution in [1.82, 2.24) is 4.90 Å². The average Bonchev–Trinajstić information content (AvgIpc) is 2.66. The number of rotatable bonds is 5. The number of carbonyl (C=O) groups is 2. The Bertz CT molecular complexity index is 757. The van der Waals surface area contributed by atoms with Crippen LogP contribution >= 0.6 is 0 Å². The Morgan fingerprint density at radius 2 is 1.81 bits per heavy atom. The number of benzene rings is 2. The fourth-order valence-corrected chi connectivity index (χ4v) is 3.31. The first-order valence-corrected chi connectivity index (χ1v) is 8.83. The van der Waals surface area contributed by atoms with E-state index < -0.39 is 5.97 Å². The molecule has 2 atom stereocenters. The van der Waals surface area contributed by atoms with Gasteiger partial charge in [0.05, 0.1) is 5.92 Å². The summed E-state index contributed by atoms with van der Waals surface area (Å²) < 4.78 is 5.71. The molecule has 1 fully saturated rings. The van der Waals surface area contributed by atoms with E-state index in [0.717, 1.165) is 11.3 Å². The Kier molecular flexibility index (Phi) is 5.56. The minimum absolute atomic E-state index is 0.0382. The van der Waals surface area contributed by atoms with Crippen molar-refractivity contribution in [2.45, 2.75) is 20.0 Å². The van der Waals surface area contributed by atoms with Crippen LogP contribution in [0.3, 0.4) is 0 Å². The van der Waals surface area contributed by atoms with E-state index in [0.29, 0.717) is 31.7 Å². The van der Waals surface area contributed by atoms with Gasteiger partial charge in [0.2, 0.25) is 0 Å². The molecule has 136 valence electrons. The number of aliphatic carboxylic acids is 1. The first kappa shape index (κ1) is 18.0. The SMILES string of the molecule is CC1CN(C(=O)c2ccc(COc3ccccc3)cc2)CCC1C(=O)O. The minimum Gasteiger partial charge on any atom is -0.489 e. The Morgan fingerprint density at radius 1 is 1.12 bits per heavy atom. The fourth-order valence-electron chi connectivity index (χ4n) is 3.31. The Balaban J connectivity index is 1.58. The molecular formula is C21H23NO4. The molecule has 3 rings (SSSR count). The highest BCUT2D eigenvalue weighted by Crippen LogP contribution is 2.25. The summed E-state index contributed by atoms with van der Waals surface area (Å²) in [6, 6.07) is 17.0. The third kappa shape index (κ3) is 4.23. The molecule has 0 saturated carbocycles. The summed E-state index contributed by atoms with van der Waals surface area (Å²) in [6.45, 7) is 3.30. The predicted octanol–water partition coefficient (Wildman–Crippen LogP) is 3.45. The van der Waals surface area contributed by atoms with Gasteiger partial charge in [0, 0.05) is 18.7 Å². The van der Waals surface area contributed by atoms with Crippen LogP contribution in [0.1, 0.15) is 29.3 Å². The summed E-state index contributed by atoms with van der Waals surface area (Å²) >= 11 is 0. The molecule has 2 aromatic rings. The topological polar surface area (TPSA) is 66.8 Å². The number of hydrogen-bond donors (Lipinski definition) is 1. The second-order valence-electron chi connectivity index (χ2n) is 6.76. The van der Waals surface area contributed by atoms with E-state index in [9.17, 15) is 14.7 Å². The number of carbonyl (C=O) groups excluding carboxylic acids is 1. The zero-order valence-corrected chi connectivity index (χ0v) is 14.8. The summed E-state index contributed by atoms with van der Waals surface area (Å²) in [4.78, 5) is 25.6. The smallest absolute Gasteiger partial charge is 0.306 e. The van der Waals surface area contributed by atoms with Crippen molar-refractivity contribution in [3.05, 3.63) is 65.7 Å². The van der Waals surface area contributed by atoms with Crippen molar-refractivity contribution in [3.63, 3.8) is 0 Å². The summed E-state index contributed by atoms with van der Waals surface area (Å²) in [5.74, 6) is -0.410. The molecule has 1 aliphatic heterocycles. The van der Waals surface area contributed by atoms with Crippen LogP contribution in [-0.4, -0.2) is 35.0 Å². The van der Waals surface area contributed by atoms with E-state index in [1.807, 2.05) is 49.4 Å². The molecule has 2 aromatic carbocycles. The van der Waals surface area contributed by atoms with Crippen molar-refractivity contribution in [3.8, 4) is 5.75 Å². The van der Waals surface area contributed by atoms with E-state index in [1.165, 1.54) is 0 Å². The number of ether oxygens (including phenoxy) is 1. The van der Waals surface area contributed by atoms with Gasteiger partial charge in [-0.3, -0.25) is 9.59 Å². The van der Waals surface area contributed by atoms with E-state index in [1.54, 1.807) is 17.0 Å². The lowest BCUT2D eigenvalue weighted by molar-refractivity contribution is -0.145. The van der Waals surface area contributed by atoms with E-state index >= 15 is 0 Å². The monoisotopic (exact) mass is 353 g/mol. The van der Waals surface area contributed by atoms with E-state index in [4.69, 9.17) is 4.74 Å². The van der Waals surface area contributed by atoms with Crippen LogP contribution < -0.4 is 4.74 Å². The molecule has 1 aliphatic rings. The van der Waals surface area contributed by atoms with Crippen LogP contribution in [0.25, 0.3) is 0 Å². The molecule has 1 amide bonds. The summed E-state index contributed by atoms with van der Waals surface area (Å²) in [5.41, 5.74) is 1.61. The van der Waals surface area contributed by atoms with Gasteiger partial charge in [0.1, 0.15) is 12.4 Å². The molecule has 26 heavy (non-hydrogen) atoms. The van der Waals surface area contributed by atoms with E-state index in [2.05, 4.69) is 0 Å². The quantitative estimate of drug-likeness (QED) is 0.894. The van der Waals surface area contributed by atoms with Crippen LogP contribution in [0.15, 0.2) is 54.6 Å². The van der Waals surface area contributed by atoms with Gasteiger partial charge in [-0.05, 0) is 42.2 Å². The highest BCUT2D eigenvalue weighted by Gasteiger charge is 2.33. The second-order valence-corrected chi connectivity index (χ2v) is 6.76. The van der Waals surface area contributed by atoms with Crippen LogP contribution in [0.4, 0.5) is 0 Å². The summed E-state index contributed by atoms with van der Waals surface area (Å²) in [7, 11) is 0. The third-order valence-electron chi connectivity index (χ3n) is 4.86. The first-order chi connectivity index (χ1) is 12.5. The Morgan fingerprint density at radius 3 is 2.42 bits per heavy atom. The maximum atomic E-state index is 12.7. The number of piperidine rings is 1. The van der Waals surface area contributed by atoms with Gasteiger partial charge in [-0.2, -0.15) is 0 Å². The molecule has 0 aromatic heterocycles. The standard InChI is InChI=1S/C21H23NO4/c1-15-13-22(12-11-19(15)21(24)25)20(23)17-9-7-16(8-10-17)14-26-18-5-3-2-4-6-18/h2-10,15,19H,11-14H2,1H3,(H,24,25). The lowest BCUT2D eigenvalue weighted by Gasteiger charge is -2.35. The molecule has 5 nitrogen and oxygen atoms in total. The minimum atomic E-state index is -0.771. The van der Waals surface area contributed by atoms with Crippen molar-refractivity contribution >= 4 is 11.9 Å². The highest BCUT2D eigenvalue weighted by molar-refractivity contribution is 5.94. The zero-order valence-electron chi connectivity index (χ0n) is 14.8. The molecule has 5 heteroatoms. The summed E-state index contributed by atoms with van der Waals surface area (Å²) in [6.07, 6.45) is 0.505. The van der Waals surface area contributed by atoms with Crippen LogP contribution in [0.2, 0.25) is 0 Å². The fraction of sp³-hybridized carbons (Fsp3) is 0.333.